The molecule has 0 unspecified atom stereocenters. The summed E-state index contributed by atoms with van der Waals surface area (Å²) >= 11 is 6.04. The second kappa shape index (κ2) is 8.99. The summed E-state index contributed by atoms with van der Waals surface area (Å²) in [4.78, 5) is 13.3. The lowest BCUT2D eigenvalue weighted by Gasteiger charge is -2.52. The van der Waals surface area contributed by atoms with E-state index < -0.39 is 24.4 Å². The largest absolute Gasteiger partial charge is 0.482 e. The number of ether oxygens (including phenoxy) is 2. The molecule has 7 nitrogen and oxygen atoms in total. The third kappa shape index (κ3) is 4.79. The minimum absolute atomic E-state index is 0.0357. The van der Waals surface area contributed by atoms with Gasteiger partial charge in [-0.1, -0.05) is 11.6 Å². The number of aliphatic hydroxyl groups is 1. The minimum Gasteiger partial charge on any atom is -0.482 e. The lowest BCUT2D eigenvalue weighted by atomic mass is 9.52. The molecule has 200 valence electrons. The fourth-order valence-corrected chi connectivity index (χ4v) is 6.90. The number of ketones is 1. The predicted molar refractivity (Wildman–Crippen MR) is 129 cm³/mol. The quantitative estimate of drug-likeness (QED) is 0.461. The van der Waals surface area contributed by atoms with Gasteiger partial charge in [-0.15, -0.1) is 10.2 Å². The van der Waals surface area contributed by atoms with E-state index >= 15 is 0 Å². The molecule has 2 bridgehead atoms. The van der Waals surface area contributed by atoms with Crippen molar-refractivity contribution in [2.45, 2.75) is 107 Å². The topological polar surface area (TPSA) is 94.7 Å². The highest BCUT2D eigenvalue weighted by Crippen LogP contribution is 2.59. The average molecular weight is 537 g/mol. The van der Waals surface area contributed by atoms with Crippen LogP contribution in [-0.4, -0.2) is 39.4 Å². The van der Waals surface area contributed by atoms with E-state index in [-0.39, 0.29) is 29.0 Å². The predicted octanol–water partition coefficient (Wildman–Crippen LogP) is 6.03. The zero-order valence-corrected chi connectivity index (χ0v) is 21.5. The number of hydrogen-bond donors (Lipinski definition) is 1. The number of Topliss-reactive ketones (excluding diaryl/α,β-unsaturated/α-hetero) is 1. The SMILES string of the molecule is CC(F)(F)OC1CC(c2nnc(C34CCC(CC(=O)[C@H]5C[C@@H](O)c6cc(Cl)ccc6O5)(CC3)CC4)o2)C1. The van der Waals surface area contributed by atoms with Gasteiger partial charge in [-0.3, -0.25) is 4.79 Å². The third-order valence-electron chi connectivity index (χ3n) is 9.06. The Morgan fingerprint density at radius 3 is 2.54 bits per heavy atom. The van der Waals surface area contributed by atoms with Gasteiger partial charge in [-0.2, -0.15) is 8.78 Å². The maximum absolute atomic E-state index is 13.3. The molecule has 4 aliphatic carbocycles. The smallest absolute Gasteiger partial charge is 0.353 e. The minimum atomic E-state index is -3.13. The van der Waals surface area contributed by atoms with E-state index in [1.165, 1.54) is 0 Å². The van der Waals surface area contributed by atoms with Gasteiger partial charge in [0.1, 0.15) is 5.75 Å². The summed E-state index contributed by atoms with van der Waals surface area (Å²) < 4.78 is 42.9. The number of carbonyl (C=O) groups excluding carboxylic acids is 1. The molecule has 0 amide bonds. The van der Waals surface area contributed by atoms with E-state index in [0.29, 0.717) is 47.4 Å². The number of nitrogens with zero attached hydrogens (tertiary/aromatic N) is 2. The van der Waals surface area contributed by atoms with Crippen LogP contribution in [0, 0.1) is 5.41 Å². The second-order valence-corrected chi connectivity index (χ2v) is 12.1. The molecule has 37 heavy (non-hydrogen) atoms. The van der Waals surface area contributed by atoms with Gasteiger partial charge in [0, 0.05) is 41.7 Å². The van der Waals surface area contributed by atoms with Crippen LogP contribution in [0.25, 0.3) is 0 Å². The lowest BCUT2D eigenvalue weighted by molar-refractivity contribution is -0.265. The second-order valence-electron chi connectivity index (χ2n) is 11.6. The van der Waals surface area contributed by atoms with E-state index in [9.17, 15) is 18.7 Å². The molecule has 0 spiro atoms. The van der Waals surface area contributed by atoms with Gasteiger partial charge in [0.25, 0.3) is 0 Å². The number of halogens is 3. The number of alkyl halides is 2. The van der Waals surface area contributed by atoms with Crippen molar-refractivity contribution in [1.29, 1.82) is 0 Å². The Hall–Kier alpha value is -2.10. The van der Waals surface area contributed by atoms with E-state index in [4.69, 9.17) is 25.5 Å². The Kier molecular flexibility index (Phi) is 6.12. The number of aliphatic hydroxyl groups excluding tert-OH is 1. The van der Waals surface area contributed by atoms with Crippen molar-refractivity contribution < 1.29 is 32.6 Å². The zero-order chi connectivity index (χ0) is 26.0. The molecular formula is C27H31ClF2N2O5. The zero-order valence-electron chi connectivity index (χ0n) is 20.7. The average Bonchev–Trinajstić information content (AvgIpc) is 3.32. The van der Waals surface area contributed by atoms with Gasteiger partial charge >= 0.3 is 6.11 Å². The first kappa shape index (κ1) is 25.2. The highest BCUT2D eigenvalue weighted by atomic mass is 35.5. The third-order valence-corrected chi connectivity index (χ3v) is 9.29. The molecule has 2 aromatic rings. The summed E-state index contributed by atoms with van der Waals surface area (Å²) in [6.07, 6.45) is 1.82. The Labute approximate surface area is 218 Å². The highest BCUT2D eigenvalue weighted by molar-refractivity contribution is 6.30. The van der Waals surface area contributed by atoms with Gasteiger partial charge in [-0.25, -0.2) is 0 Å². The maximum atomic E-state index is 13.3. The van der Waals surface area contributed by atoms with Crippen LogP contribution in [0.4, 0.5) is 8.78 Å². The monoisotopic (exact) mass is 536 g/mol. The summed E-state index contributed by atoms with van der Waals surface area (Å²) in [6.45, 7) is 0.755. The van der Waals surface area contributed by atoms with E-state index in [0.717, 1.165) is 45.4 Å². The molecule has 10 heteroatoms. The molecule has 2 atom stereocenters. The van der Waals surface area contributed by atoms with Crippen LogP contribution < -0.4 is 4.74 Å². The van der Waals surface area contributed by atoms with Crippen LogP contribution >= 0.6 is 11.6 Å². The molecular weight excluding hydrogens is 506 g/mol. The van der Waals surface area contributed by atoms with Crippen molar-refractivity contribution >= 4 is 17.4 Å². The number of benzene rings is 1. The van der Waals surface area contributed by atoms with Gasteiger partial charge < -0.3 is 19.0 Å². The first-order valence-electron chi connectivity index (χ1n) is 13.1. The number of hydrogen-bond acceptors (Lipinski definition) is 7. The Bertz CT molecular complexity index is 1170. The molecule has 1 aromatic heterocycles. The van der Waals surface area contributed by atoms with Crippen molar-refractivity contribution in [3.8, 4) is 5.75 Å². The van der Waals surface area contributed by atoms with Crippen LogP contribution in [0.15, 0.2) is 22.6 Å². The molecule has 0 radical (unpaired) electrons. The van der Waals surface area contributed by atoms with Gasteiger partial charge in [0.2, 0.25) is 11.8 Å². The maximum Gasteiger partial charge on any atom is 0.353 e. The van der Waals surface area contributed by atoms with Crippen LogP contribution in [-0.2, 0) is 14.9 Å². The molecule has 1 aliphatic heterocycles. The number of aromatic nitrogens is 2. The van der Waals surface area contributed by atoms with E-state index in [2.05, 4.69) is 10.2 Å². The molecule has 1 aromatic carbocycles. The summed E-state index contributed by atoms with van der Waals surface area (Å²) in [5.74, 6) is 1.66. The molecule has 1 N–H and O–H groups in total. The summed E-state index contributed by atoms with van der Waals surface area (Å²) in [7, 11) is 0. The van der Waals surface area contributed by atoms with Gasteiger partial charge in [-0.05, 0) is 75.0 Å². The van der Waals surface area contributed by atoms with Crippen LogP contribution in [0.3, 0.4) is 0 Å². The van der Waals surface area contributed by atoms with Crippen molar-refractivity contribution in [3.63, 3.8) is 0 Å². The van der Waals surface area contributed by atoms with Gasteiger partial charge in [0.15, 0.2) is 11.9 Å². The lowest BCUT2D eigenvalue weighted by Crippen LogP contribution is -2.46. The Morgan fingerprint density at radius 1 is 1.16 bits per heavy atom. The number of rotatable bonds is 7. The van der Waals surface area contributed by atoms with Crippen LogP contribution in [0.2, 0.25) is 5.02 Å². The van der Waals surface area contributed by atoms with Crippen LogP contribution in [0.5, 0.6) is 5.75 Å². The first-order valence-corrected chi connectivity index (χ1v) is 13.5. The van der Waals surface area contributed by atoms with Crippen molar-refractivity contribution in [1.82, 2.24) is 10.2 Å². The fraction of sp³-hybridized carbons (Fsp3) is 0.667. The normalized spacial score (nSPS) is 34.9. The molecule has 4 saturated carbocycles. The Morgan fingerprint density at radius 2 is 1.86 bits per heavy atom. The number of fused-ring (bicyclic) bond motifs is 4. The van der Waals surface area contributed by atoms with Gasteiger partial charge in [0.05, 0.1) is 12.2 Å². The van der Waals surface area contributed by atoms with Crippen molar-refractivity contribution in [2.75, 3.05) is 0 Å². The standard InChI is InChI=1S/C27H31ClF2N2O5/c1-25(29,30)37-17-10-15(11-17)23-31-32-24(36-23)27-7-4-26(5-8-27,6-9-27)14-20(34)22-13-19(33)18-12-16(28)2-3-21(18)35-22/h2-3,12,15,17,19,22,33H,4-11,13-14H2,1H3/t15?,17?,19-,22-,26?,27?/m1/s1. The Balaban J connectivity index is 1.06. The molecule has 0 saturated heterocycles. The number of carbonyl (C=O) groups is 1. The first-order chi connectivity index (χ1) is 17.5. The highest BCUT2D eigenvalue weighted by Gasteiger charge is 2.53. The fourth-order valence-electron chi connectivity index (χ4n) is 6.72. The van der Waals surface area contributed by atoms with Crippen molar-refractivity contribution in [3.05, 3.63) is 40.6 Å². The van der Waals surface area contributed by atoms with Crippen LogP contribution in [0.1, 0.15) is 100 Å². The van der Waals surface area contributed by atoms with E-state index in [1.54, 1.807) is 18.2 Å². The molecule has 5 aliphatic rings. The summed E-state index contributed by atoms with van der Waals surface area (Å²) in [5.41, 5.74) is 0.379. The molecule has 4 fully saturated rings. The molecule has 7 rings (SSSR count). The summed E-state index contributed by atoms with van der Waals surface area (Å²) in [6, 6.07) is 5.10. The van der Waals surface area contributed by atoms with E-state index in [1.807, 2.05) is 0 Å². The summed E-state index contributed by atoms with van der Waals surface area (Å²) in [5, 5.41) is 19.7. The molecule has 2 heterocycles. The van der Waals surface area contributed by atoms with Crippen molar-refractivity contribution in [2.24, 2.45) is 5.41 Å².